The van der Waals surface area contributed by atoms with Crippen LogP contribution < -0.4 is 5.32 Å². The molecule has 3 aromatic heterocycles. The summed E-state index contributed by atoms with van der Waals surface area (Å²) in [5, 5.41) is 25.2. The van der Waals surface area contributed by atoms with Crippen LogP contribution in [0.4, 0.5) is 19.1 Å². The maximum absolute atomic E-state index is 12.7. The van der Waals surface area contributed by atoms with Crippen LogP contribution in [0, 0.1) is 6.92 Å². The average Bonchev–Trinajstić information content (AvgIpc) is 3.06. The number of halogens is 3. The van der Waals surface area contributed by atoms with Gasteiger partial charge in [-0.2, -0.15) is 23.4 Å². The number of aliphatic hydroxyl groups is 1. The molecule has 0 radical (unpaired) electrons. The van der Waals surface area contributed by atoms with Gasteiger partial charge in [0, 0.05) is 28.8 Å². The first-order valence-electron chi connectivity index (χ1n) is 10.4. The predicted octanol–water partition coefficient (Wildman–Crippen LogP) is 4.27. The third-order valence-corrected chi connectivity index (χ3v) is 5.66. The van der Waals surface area contributed by atoms with Crippen LogP contribution in [0.5, 0.6) is 0 Å². The molecule has 2 N–H and O–H groups in total. The predicted molar refractivity (Wildman–Crippen MR) is 110 cm³/mol. The van der Waals surface area contributed by atoms with Crippen molar-refractivity contribution in [2.24, 2.45) is 0 Å². The molecule has 1 fully saturated rings. The summed E-state index contributed by atoms with van der Waals surface area (Å²) in [4.78, 5) is 4.27. The van der Waals surface area contributed by atoms with Crippen molar-refractivity contribution in [1.82, 2.24) is 24.8 Å². The van der Waals surface area contributed by atoms with Crippen LogP contribution in [0.2, 0.25) is 0 Å². The lowest BCUT2D eigenvalue weighted by Gasteiger charge is -2.25. The maximum Gasteiger partial charge on any atom is 0.391 e. The summed E-state index contributed by atoms with van der Waals surface area (Å²) < 4.78 is 39.9. The standard InChI is InChI=1S/C21H25F3N6O/c1-12-7-15(10-26-28-12)17-8-18(14-3-5-16(31)6-4-14)30-19(17)11-25-20(29-30)27-13(2)9-21(22,23)24/h7-8,10-11,13-14,16,31H,3-6,9H2,1-2H3,(H,27,29)/t13-,14?,16?/m0/s1. The molecule has 3 heterocycles. The van der Waals surface area contributed by atoms with Crippen molar-refractivity contribution >= 4 is 11.5 Å². The lowest BCUT2D eigenvalue weighted by atomic mass is 9.85. The van der Waals surface area contributed by atoms with E-state index in [0.29, 0.717) is 12.8 Å². The molecule has 0 aliphatic heterocycles. The Morgan fingerprint density at radius 1 is 1.19 bits per heavy atom. The number of hydrogen-bond acceptors (Lipinski definition) is 6. The van der Waals surface area contributed by atoms with Crippen molar-refractivity contribution in [2.45, 2.75) is 70.2 Å². The fourth-order valence-electron chi connectivity index (χ4n) is 4.21. The Bertz CT molecular complexity index is 1060. The second-order valence-electron chi connectivity index (χ2n) is 8.32. The first-order chi connectivity index (χ1) is 14.7. The highest BCUT2D eigenvalue weighted by atomic mass is 19.4. The van der Waals surface area contributed by atoms with E-state index in [2.05, 4.69) is 25.6 Å². The third-order valence-electron chi connectivity index (χ3n) is 5.66. The molecular formula is C21H25F3N6O. The topological polar surface area (TPSA) is 88.2 Å². The number of aryl methyl sites for hydroxylation is 1. The number of nitrogens with zero attached hydrogens (tertiary/aromatic N) is 5. The maximum atomic E-state index is 12.7. The van der Waals surface area contributed by atoms with E-state index in [4.69, 9.17) is 0 Å². The second-order valence-corrected chi connectivity index (χ2v) is 8.32. The number of alkyl halides is 3. The van der Waals surface area contributed by atoms with Crippen molar-refractivity contribution in [1.29, 1.82) is 0 Å². The van der Waals surface area contributed by atoms with Gasteiger partial charge in [0.2, 0.25) is 5.95 Å². The van der Waals surface area contributed by atoms with Gasteiger partial charge in [0.1, 0.15) is 0 Å². The van der Waals surface area contributed by atoms with Gasteiger partial charge >= 0.3 is 6.18 Å². The minimum Gasteiger partial charge on any atom is -0.393 e. The first kappa shape index (κ1) is 21.5. The molecule has 10 heteroatoms. The fourth-order valence-corrected chi connectivity index (χ4v) is 4.21. The summed E-state index contributed by atoms with van der Waals surface area (Å²) in [6.45, 7) is 3.32. The summed E-state index contributed by atoms with van der Waals surface area (Å²) in [7, 11) is 0. The molecule has 166 valence electrons. The molecule has 31 heavy (non-hydrogen) atoms. The third kappa shape index (κ3) is 4.95. The number of aliphatic hydroxyl groups excluding tert-OH is 1. The van der Waals surface area contributed by atoms with Gasteiger partial charge in [0.25, 0.3) is 0 Å². The van der Waals surface area contributed by atoms with Crippen molar-refractivity contribution < 1.29 is 18.3 Å². The zero-order chi connectivity index (χ0) is 22.2. The average molecular weight is 434 g/mol. The van der Waals surface area contributed by atoms with E-state index in [1.54, 1.807) is 16.9 Å². The SMILES string of the molecule is Cc1cc(-c2cc(C3CCC(O)CC3)n3nc(N[C@@H](C)CC(F)(F)F)ncc23)cnn1. The second kappa shape index (κ2) is 8.41. The van der Waals surface area contributed by atoms with E-state index < -0.39 is 18.6 Å². The molecule has 7 nitrogen and oxygen atoms in total. The summed E-state index contributed by atoms with van der Waals surface area (Å²) in [5.74, 6) is 0.337. The van der Waals surface area contributed by atoms with Gasteiger partial charge in [0.05, 0.1) is 36.1 Å². The highest BCUT2D eigenvalue weighted by Crippen LogP contribution is 2.37. The summed E-state index contributed by atoms with van der Waals surface area (Å²) in [6.07, 6.45) is 0.831. The first-order valence-corrected chi connectivity index (χ1v) is 10.4. The summed E-state index contributed by atoms with van der Waals surface area (Å²) in [6, 6.07) is 3.12. The van der Waals surface area contributed by atoms with Gasteiger partial charge in [-0.15, -0.1) is 5.10 Å². The zero-order valence-electron chi connectivity index (χ0n) is 17.4. The highest BCUT2D eigenvalue weighted by molar-refractivity contribution is 5.81. The van der Waals surface area contributed by atoms with Crippen LogP contribution in [-0.2, 0) is 0 Å². The van der Waals surface area contributed by atoms with Crippen LogP contribution >= 0.6 is 0 Å². The minimum atomic E-state index is -4.27. The van der Waals surface area contributed by atoms with Crippen LogP contribution in [0.25, 0.3) is 16.6 Å². The van der Waals surface area contributed by atoms with Crippen molar-refractivity contribution in [3.05, 3.63) is 35.9 Å². The molecule has 1 saturated carbocycles. The Morgan fingerprint density at radius 3 is 2.61 bits per heavy atom. The minimum absolute atomic E-state index is 0.146. The smallest absolute Gasteiger partial charge is 0.391 e. The molecule has 4 rings (SSSR count). The molecule has 1 aliphatic carbocycles. The van der Waals surface area contributed by atoms with Gasteiger partial charge in [-0.05, 0) is 51.7 Å². The lowest BCUT2D eigenvalue weighted by Crippen LogP contribution is -2.25. The van der Waals surface area contributed by atoms with E-state index >= 15 is 0 Å². The zero-order valence-corrected chi connectivity index (χ0v) is 17.4. The monoisotopic (exact) mass is 434 g/mol. The van der Waals surface area contributed by atoms with Gasteiger partial charge in [-0.1, -0.05) is 0 Å². The molecule has 3 aromatic rings. The molecule has 1 aliphatic rings. The molecule has 0 spiro atoms. The van der Waals surface area contributed by atoms with Gasteiger partial charge in [-0.3, -0.25) is 0 Å². The summed E-state index contributed by atoms with van der Waals surface area (Å²) in [5.41, 5.74) is 4.26. The largest absolute Gasteiger partial charge is 0.393 e. The normalized spacial score (nSPS) is 20.7. The van der Waals surface area contributed by atoms with Crippen LogP contribution in [0.15, 0.2) is 24.5 Å². The van der Waals surface area contributed by atoms with E-state index in [0.717, 1.165) is 40.9 Å². The number of anilines is 1. The van der Waals surface area contributed by atoms with E-state index in [-0.39, 0.29) is 18.0 Å². The Balaban J connectivity index is 1.74. The fraction of sp³-hybridized carbons (Fsp3) is 0.524. The van der Waals surface area contributed by atoms with Crippen LogP contribution in [0.1, 0.15) is 56.3 Å². The van der Waals surface area contributed by atoms with E-state index in [1.807, 2.05) is 19.1 Å². The molecular weight excluding hydrogens is 409 g/mol. The van der Waals surface area contributed by atoms with Gasteiger partial charge in [-0.25, -0.2) is 9.50 Å². The quantitative estimate of drug-likeness (QED) is 0.624. The Kier molecular flexibility index (Phi) is 5.83. The molecule has 0 saturated heterocycles. The van der Waals surface area contributed by atoms with Gasteiger partial charge in [0.15, 0.2) is 0 Å². The number of rotatable bonds is 5. The Morgan fingerprint density at radius 2 is 1.94 bits per heavy atom. The van der Waals surface area contributed by atoms with Crippen molar-refractivity contribution in [3.63, 3.8) is 0 Å². The molecule has 0 amide bonds. The molecule has 0 aromatic carbocycles. The van der Waals surface area contributed by atoms with E-state index in [1.165, 1.54) is 6.92 Å². The Labute approximate surface area is 177 Å². The molecule has 1 atom stereocenters. The van der Waals surface area contributed by atoms with Crippen molar-refractivity contribution in [2.75, 3.05) is 5.32 Å². The van der Waals surface area contributed by atoms with Gasteiger partial charge < -0.3 is 10.4 Å². The summed E-state index contributed by atoms with van der Waals surface area (Å²) >= 11 is 0. The van der Waals surface area contributed by atoms with Crippen molar-refractivity contribution in [3.8, 4) is 11.1 Å². The number of aromatic nitrogens is 5. The molecule has 0 bridgehead atoms. The van der Waals surface area contributed by atoms with Crippen LogP contribution in [0.3, 0.4) is 0 Å². The lowest BCUT2D eigenvalue weighted by molar-refractivity contribution is -0.136. The van der Waals surface area contributed by atoms with E-state index in [9.17, 15) is 18.3 Å². The number of fused-ring (bicyclic) bond motifs is 1. The number of nitrogens with one attached hydrogen (secondary N) is 1. The molecule has 0 unspecified atom stereocenters. The highest BCUT2D eigenvalue weighted by Gasteiger charge is 2.30. The number of hydrogen-bond donors (Lipinski definition) is 2. The Hall–Kier alpha value is -2.75. The van der Waals surface area contributed by atoms with Crippen LogP contribution in [-0.4, -0.2) is 48.2 Å².